The summed E-state index contributed by atoms with van der Waals surface area (Å²) in [6.45, 7) is 2.76. The number of aromatic nitrogens is 1. The van der Waals surface area contributed by atoms with Gasteiger partial charge in [-0.05, 0) is 35.4 Å². The average Bonchev–Trinajstić information content (AvgIpc) is 2.65. The molecule has 0 N–H and O–H groups in total. The molecular formula is C23H22NO4+. The molecule has 0 fully saturated rings. The van der Waals surface area contributed by atoms with Crippen LogP contribution in [0.4, 0.5) is 0 Å². The molecule has 0 unspecified atom stereocenters. The van der Waals surface area contributed by atoms with Crippen LogP contribution in [0.15, 0.2) is 72.9 Å². The van der Waals surface area contributed by atoms with Crippen molar-refractivity contribution in [3.63, 3.8) is 0 Å². The van der Waals surface area contributed by atoms with Gasteiger partial charge in [0.25, 0.3) is 0 Å². The van der Waals surface area contributed by atoms with Crippen molar-refractivity contribution in [2.24, 2.45) is 7.05 Å². The van der Waals surface area contributed by atoms with E-state index in [9.17, 15) is 9.59 Å². The van der Waals surface area contributed by atoms with Gasteiger partial charge < -0.3 is 9.47 Å². The number of carbonyl (C=O) groups is 2. The molecule has 0 saturated heterocycles. The van der Waals surface area contributed by atoms with Crippen LogP contribution in [0.1, 0.15) is 36.6 Å². The van der Waals surface area contributed by atoms with Crippen molar-refractivity contribution in [1.82, 2.24) is 0 Å². The molecule has 3 aromatic rings. The third-order valence-corrected chi connectivity index (χ3v) is 4.34. The highest BCUT2D eigenvalue weighted by atomic mass is 16.5. The highest BCUT2D eigenvalue weighted by Gasteiger charge is 2.24. The van der Waals surface area contributed by atoms with Gasteiger partial charge in [-0.15, -0.1) is 0 Å². The molecular weight excluding hydrogens is 354 g/mol. The predicted molar refractivity (Wildman–Crippen MR) is 104 cm³/mol. The number of hydrogen-bond donors (Lipinski definition) is 0. The zero-order valence-electron chi connectivity index (χ0n) is 16.1. The summed E-state index contributed by atoms with van der Waals surface area (Å²) in [5, 5.41) is 0. The molecule has 0 aliphatic heterocycles. The van der Waals surface area contributed by atoms with Gasteiger partial charge in [-0.25, -0.2) is 4.57 Å². The molecule has 1 heterocycles. The molecule has 0 bridgehead atoms. The van der Waals surface area contributed by atoms with Gasteiger partial charge in [0, 0.05) is 26.0 Å². The van der Waals surface area contributed by atoms with Crippen LogP contribution in [0.25, 0.3) is 0 Å². The van der Waals surface area contributed by atoms with Gasteiger partial charge in [0.15, 0.2) is 11.9 Å². The van der Waals surface area contributed by atoms with Crippen LogP contribution < -0.4 is 14.0 Å². The smallest absolute Gasteiger partial charge is 0.308 e. The van der Waals surface area contributed by atoms with Crippen LogP contribution in [0.3, 0.4) is 0 Å². The fraction of sp³-hybridized carbons (Fsp3) is 0.174. The normalized spacial score (nSPS) is 10.6. The molecule has 28 heavy (non-hydrogen) atoms. The first kappa shape index (κ1) is 19.3. The van der Waals surface area contributed by atoms with E-state index in [4.69, 9.17) is 9.47 Å². The van der Waals surface area contributed by atoms with Crippen molar-refractivity contribution in [2.45, 2.75) is 19.8 Å². The molecule has 142 valence electrons. The Kier molecular flexibility index (Phi) is 5.84. The highest BCUT2D eigenvalue weighted by molar-refractivity contribution is 5.69. The summed E-state index contributed by atoms with van der Waals surface area (Å²) >= 11 is 0. The zero-order chi connectivity index (χ0) is 20.1. The van der Waals surface area contributed by atoms with E-state index in [1.807, 2.05) is 49.6 Å². The summed E-state index contributed by atoms with van der Waals surface area (Å²) in [5.41, 5.74) is 3.21. The predicted octanol–water partition coefficient (Wildman–Crippen LogP) is 3.54. The van der Waals surface area contributed by atoms with Crippen molar-refractivity contribution in [3.05, 3.63) is 89.7 Å². The summed E-state index contributed by atoms with van der Waals surface area (Å²) in [7, 11) is 2.00. The van der Waals surface area contributed by atoms with E-state index in [1.165, 1.54) is 13.8 Å². The van der Waals surface area contributed by atoms with Crippen LogP contribution in [0.5, 0.6) is 11.5 Å². The summed E-state index contributed by atoms with van der Waals surface area (Å²) in [4.78, 5) is 22.3. The average molecular weight is 376 g/mol. The quantitative estimate of drug-likeness (QED) is 0.388. The third-order valence-electron chi connectivity index (χ3n) is 4.34. The molecule has 0 radical (unpaired) electrons. The standard InChI is InChI=1S/C23H22NO4/c1-16(25)27-20-11-7-18(8-12-20)23(22-6-4-5-15-24(22)3)19-9-13-21(14-10-19)28-17(2)26/h4-15,23H,1-3H3/q+1. The fourth-order valence-electron chi connectivity index (χ4n) is 3.16. The summed E-state index contributed by atoms with van der Waals surface area (Å²) in [6.07, 6.45) is 2.00. The molecule has 0 aliphatic rings. The number of hydrogen-bond acceptors (Lipinski definition) is 4. The maximum atomic E-state index is 11.2. The summed E-state index contributed by atoms with van der Waals surface area (Å²) in [6, 6.07) is 21.0. The number of pyridine rings is 1. The van der Waals surface area contributed by atoms with Crippen LogP contribution in [-0.4, -0.2) is 11.9 Å². The van der Waals surface area contributed by atoms with E-state index >= 15 is 0 Å². The SMILES string of the molecule is CC(=O)Oc1ccc(C(c2ccc(OC(C)=O)cc2)c2cccc[n+]2C)cc1. The molecule has 0 amide bonds. The van der Waals surface area contributed by atoms with Crippen LogP contribution >= 0.6 is 0 Å². The van der Waals surface area contributed by atoms with Crippen molar-refractivity contribution in [3.8, 4) is 11.5 Å². The van der Waals surface area contributed by atoms with E-state index in [1.54, 1.807) is 24.3 Å². The molecule has 1 aromatic heterocycles. The summed E-state index contributed by atoms with van der Waals surface area (Å²) in [5.74, 6) is 0.291. The van der Waals surface area contributed by atoms with Crippen molar-refractivity contribution in [1.29, 1.82) is 0 Å². The fourth-order valence-corrected chi connectivity index (χ4v) is 3.16. The lowest BCUT2D eigenvalue weighted by Crippen LogP contribution is -2.35. The Morgan fingerprint density at radius 2 is 1.21 bits per heavy atom. The van der Waals surface area contributed by atoms with Crippen molar-refractivity contribution >= 4 is 11.9 Å². The van der Waals surface area contributed by atoms with Crippen molar-refractivity contribution in [2.75, 3.05) is 0 Å². The first-order valence-corrected chi connectivity index (χ1v) is 8.95. The van der Waals surface area contributed by atoms with E-state index in [0.717, 1.165) is 16.8 Å². The topological polar surface area (TPSA) is 56.5 Å². The second-order valence-corrected chi connectivity index (χ2v) is 6.49. The minimum atomic E-state index is -0.347. The molecule has 0 aliphatic carbocycles. The maximum Gasteiger partial charge on any atom is 0.308 e. The number of aryl methyl sites for hydroxylation is 1. The lowest BCUT2D eigenvalue weighted by Gasteiger charge is -2.17. The Balaban J connectivity index is 2.02. The Hall–Kier alpha value is -3.47. The maximum absolute atomic E-state index is 11.2. The van der Waals surface area contributed by atoms with Crippen molar-refractivity contribution < 1.29 is 23.6 Å². The number of nitrogens with zero attached hydrogens (tertiary/aromatic N) is 1. The van der Waals surface area contributed by atoms with Gasteiger partial charge in [-0.3, -0.25) is 9.59 Å². The Morgan fingerprint density at radius 3 is 1.61 bits per heavy atom. The Labute approximate surface area is 164 Å². The van der Waals surface area contributed by atoms with E-state index < -0.39 is 0 Å². The molecule has 0 spiro atoms. The van der Waals surface area contributed by atoms with E-state index in [-0.39, 0.29) is 17.9 Å². The monoisotopic (exact) mass is 376 g/mol. The van der Waals surface area contributed by atoms with Gasteiger partial charge >= 0.3 is 11.9 Å². The first-order valence-electron chi connectivity index (χ1n) is 8.95. The van der Waals surface area contributed by atoms with E-state index in [2.05, 4.69) is 10.6 Å². The molecule has 5 heteroatoms. The minimum Gasteiger partial charge on any atom is -0.427 e. The molecule has 5 nitrogen and oxygen atoms in total. The molecule has 0 saturated carbocycles. The lowest BCUT2D eigenvalue weighted by atomic mass is 9.87. The van der Waals surface area contributed by atoms with Gasteiger partial charge in [0.2, 0.25) is 0 Å². The van der Waals surface area contributed by atoms with Gasteiger partial charge in [-0.2, -0.15) is 0 Å². The highest BCUT2D eigenvalue weighted by Crippen LogP contribution is 2.32. The largest absolute Gasteiger partial charge is 0.427 e. The third kappa shape index (κ3) is 4.62. The number of benzene rings is 2. The van der Waals surface area contributed by atoms with Gasteiger partial charge in [0.1, 0.15) is 18.5 Å². The van der Waals surface area contributed by atoms with Crippen LogP contribution in [0, 0.1) is 0 Å². The second kappa shape index (κ2) is 8.48. The molecule has 0 atom stereocenters. The first-order chi connectivity index (χ1) is 13.4. The number of carbonyl (C=O) groups excluding carboxylic acids is 2. The summed E-state index contributed by atoms with van der Waals surface area (Å²) < 4.78 is 12.4. The molecule has 2 aromatic carbocycles. The van der Waals surface area contributed by atoms with Gasteiger partial charge in [-0.1, -0.05) is 30.3 Å². The number of rotatable bonds is 5. The number of esters is 2. The van der Waals surface area contributed by atoms with Gasteiger partial charge in [0.05, 0.1) is 5.92 Å². The lowest BCUT2D eigenvalue weighted by molar-refractivity contribution is -0.679. The van der Waals surface area contributed by atoms with Crippen LogP contribution in [0.2, 0.25) is 0 Å². The Bertz CT molecular complexity index is 919. The Morgan fingerprint density at radius 1 is 0.750 bits per heavy atom. The number of ether oxygens (including phenoxy) is 2. The second-order valence-electron chi connectivity index (χ2n) is 6.49. The molecule has 3 rings (SSSR count). The minimum absolute atomic E-state index is 0.0380. The van der Waals surface area contributed by atoms with Crippen LogP contribution in [-0.2, 0) is 16.6 Å². The van der Waals surface area contributed by atoms with E-state index in [0.29, 0.717) is 11.5 Å². The zero-order valence-corrected chi connectivity index (χ0v) is 16.1.